The number of hydrogen-bond acceptors (Lipinski definition) is 5. The van der Waals surface area contributed by atoms with Crippen LogP contribution in [0.5, 0.6) is 0 Å². The van der Waals surface area contributed by atoms with Crippen LogP contribution in [0.1, 0.15) is 23.0 Å². The third-order valence-electron chi connectivity index (χ3n) is 4.62. The summed E-state index contributed by atoms with van der Waals surface area (Å²) >= 11 is 0. The molecule has 1 amide bonds. The number of pyridine rings is 1. The van der Waals surface area contributed by atoms with Gasteiger partial charge < -0.3 is 9.47 Å². The lowest BCUT2D eigenvalue weighted by Crippen LogP contribution is -2.14. The van der Waals surface area contributed by atoms with Crippen molar-refractivity contribution in [3.63, 3.8) is 0 Å². The molecule has 156 valence electrons. The zero-order valence-electron chi connectivity index (χ0n) is 16.9. The number of nitrogens with one attached hydrogen (secondary N) is 1. The van der Waals surface area contributed by atoms with Gasteiger partial charge in [-0.1, -0.05) is 60.7 Å². The van der Waals surface area contributed by atoms with Gasteiger partial charge in [0.05, 0.1) is 12.3 Å². The highest BCUT2D eigenvalue weighted by atomic mass is 16.5. The van der Waals surface area contributed by atoms with Crippen LogP contribution < -0.4 is 5.32 Å². The minimum Gasteiger partial charge on any atom is -0.461 e. The first kappa shape index (κ1) is 20.2. The topological polar surface area (TPSA) is 81.9 Å². The Kier molecular flexibility index (Phi) is 5.93. The molecule has 0 aliphatic heterocycles. The highest BCUT2D eigenvalue weighted by Gasteiger charge is 2.23. The Morgan fingerprint density at radius 2 is 1.65 bits per heavy atom. The summed E-state index contributed by atoms with van der Waals surface area (Å²) in [6.45, 7) is 2.14. The number of ether oxygens (including phenoxy) is 2. The lowest BCUT2D eigenvalue weighted by Gasteiger charge is -2.08. The molecule has 2 heterocycles. The van der Waals surface area contributed by atoms with Gasteiger partial charge in [0, 0.05) is 11.8 Å². The smallest absolute Gasteiger partial charge is 0.412 e. The number of nitrogens with zero attached hydrogens (tertiary/aromatic N) is 2. The molecule has 0 unspecified atom stereocenters. The average molecular weight is 415 g/mol. The number of fused-ring (bicyclic) bond motifs is 1. The lowest BCUT2D eigenvalue weighted by atomic mass is 10.1. The third-order valence-corrected chi connectivity index (χ3v) is 4.62. The van der Waals surface area contributed by atoms with Crippen LogP contribution in [0.2, 0.25) is 0 Å². The zero-order valence-corrected chi connectivity index (χ0v) is 16.9. The summed E-state index contributed by atoms with van der Waals surface area (Å²) < 4.78 is 12.2. The van der Waals surface area contributed by atoms with Crippen molar-refractivity contribution in [2.75, 3.05) is 11.9 Å². The van der Waals surface area contributed by atoms with Gasteiger partial charge in [0.2, 0.25) is 0 Å². The van der Waals surface area contributed by atoms with Crippen LogP contribution in [0, 0.1) is 0 Å². The molecule has 7 heteroatoms. The number of rotatable bonds is 6. The normalized spacial score (nSPS) is 10.6. The van der Waals surface area contributed by atoms with Gasteiger partial charge in [-0.15, -0.1) is 0 Å². The zero-order chi connectivity index (χ0) is 21.6. The average Bonchev–Trinajstić information content (AvgIpc) is 3.20. The van der Waals surface area contributed by atoms with E-state index in [9.17, 15) is 9.59 Å². The van der Waals surface area contributed by atoms with Gasteiger partial charge in [-0.25, -0.2) is 14.6 Å². The Morgan fingerprint density at radius 3 is 2.35 bits per heavy atom. The fourth-order valence-electron chi connectivity index (χ4n) is 3.23. The maximum absolute atomic E-state index is 12.7. The van der Waals surface area contributed by atoms with Crippen LogP contribution in [0.3, 0.4) is 0 Å². The van der Waals surface area contributed by atoms with Gasteiger partial charge in [0.1, 0.15) is 12.3 Å². The first-order valence-electron chi connectivity index (χ1n) is 9.88. The molecule has 0 aliphatic rings. The largest absolute Gasteiger partial charge is 0.461 e. The Morgan fingerprint density at radius 1 is 0.935 bits per heavy atom. The Balaban J connectivity index is 1.67. The van der Waals surface area contributed by atoms with Gasteiger partial charge in [-0.3, -0.25) is 9.72 Å². The van der Waals surface area contributed by atoms with E-state index in [1.165, 1.54) is 0 Å². The fraction of sp³-hybridized carbons (Fsp3) is 0.125. The number of benzene rings is 2. The molecular weight excluding hydrogens is 394 g/mol. The number of amides is 1. The van der Waals surface area contributed by atoms with Crippen molar-refractivity contribution in [1.82, 2.24) is 9.38 Å². The maximum atomic E-state index is 12.7. The second kappa shape index (κ2) is 9.13. The molecule has 1 N–H and O–H groups in total. The number of carbonyl (C=O) groups excluding carboxylic acids is 2. The number of imidazole rings is 1. The van der Waals surface area contributed by atoms with Crippen molar-refractivity contribution in [1.29, 1.82) is 0 Å². The SMILES string of the molecule is CCOC(=O)c1c(-c2ccccc2)nc2c(NC(=O)OCc3ccccc3)cccn12. The fourth-order valence-corrected chi connectivity index (χ4v) is 3.23. The van der Waals surface area contributed by atoms with Crippen LogP contribution in [-0.4, -0.2) is 28.1 Å². The molecule has 31 heavy (non-hydrogen) atoms. The molecule has 4 rings (SSSR count). The van der Waals surface area contributed by atoms with Crippen molar-refractivity contribution >= 4 is 23.4 Å². The quantitative estimate of drug-likeness (QED) is 0.452. The maximum Gasteiger partial charge on any atom is 0.412 e. The molecule has 0 saturated heterocycles. The molecule has 7 nitrogen and oxygen atoms in total. The summed E-state index contributed by atoms with van der Waals surface area (Å²) in [5, 5.41) is 2.72. The van der Waals surface area contributed by atoms with E-state index in [0.717, 1.165) is 11.1 Å². The number of carbonyl (C=O) groups is 2. The molecule has 0 fully saturated rings. The molecule has 0 atom stereocenters. The van der Waals surface area contributed by atoms with Gasteiger partial charge in [0.25, 0.3) is 0 Å². The monoisotopic (exact) mass is 415 g/mol. The molecular formula is C24H21N3O4. The van der Waals surface area contributed by atoms with Crippen molar-refractivity contribution in [2.45, 2.75) is 13.5 Å². The van der Waals surface area contributed by atoms with E-state index >= 15 is 0 Å². The van der Waals surface area contributed by atoms with Crippen LogP contribution in [0.4, 0.5) is 10.5 Å². The van der Waals surface area contributed by atoms with E-state index in [4.69, 9.17) is 9.47 Å². The van der Waals surface area contributed by atoms with Crippen LogP contribution in [-0.2, 0) is 16.1 Å². The minimum absolute atomic E-state index is 0.146. The highest BCUT2D eigenvalue weighted by molar-refractivity contribution is 5.98. The first-order chi connectivity index (χ1) is 15.2. The first-order valence-corrected chi connectivity index (χ1v) is 9.88. The number of hydrogen-bond donors (Lipinski definition) is 1. The van der Waals surface area contributed by atoms with E-state index in [-0.39, 0.29) is 13.2 Å². The summed E-state index contributed by atoms with van der Waals surface area (Å²) in [5.41, 5.74) is 3.27. The van der Waals surface area contributed by atoms with Crippen LogP contribution in [0.25, 0.3) is 16.9 Å². The number of esters is 1. The summed E-state index contributed by atoms with van der Waals surface area (Å²) in [6, 6.07) is 22.2. The number of anilines is 1. The summed E-state index contributed by atoms with van der Waals surface area (Å²) in [7, 11) is 0. The molecule has 0 bridgehead atoms. The molecule has 2 aromatic heterocycles. The predicted octanol–water partition coefficient (Wildman–Crippen LogP) is 4.93. The van der Waals surface area contributed by atoms with Gasteiger partial charge in [-0.05, 0) is 24.6 Å². The van der Waals surface area contributed by atoms with Crippen molar-refractivity contribution in [2.24, 2.45) is 0 Å². The second-order valence-corrected chi connectivity index (χ2v) is 6.70. The van der Waals surface area contributed by atoms with E-state index in [1.807, 2.05) is 60.7 Å². The van der Waals surface area contributed by atoms with E-state index < -0.39 is 12.1 Å². The highest BCUT2D eigenvalue weighted by Crippen LogP contribution is 2.28. The summed E-state index contributed by atoms with van der Waals surface area (Å²) in [4.78, 5) is 29.7. The van der Waals surface area contributed by atoms with E-state index in [0.29, 0.717) is 22.7 Å². The molecule has 0 radical (unpaired) electrons. The molecule has 0 aliphatic carbocycles. The third kappa shape index (κ3) is 4.40. The van der Waals surface area contributed by atoms with E-state index in [2.05, 4.69) is 10.3 Å². The van der Waals surface area contributed by atoms with Gasteiger partial charge in [-0.2, -0.15) is 0 Å². The van der Waals surface area contributed by atoms with E-state index in [1.54, 1.807) is 29.7 Å². The Labute approximate surface area is 179 Å². The van der Waals surface area contributed by atoms with Crippen LogP contribution >= 0.6 is 0 Å². The standard InChI is InChI=1S/C24H21N3O4/c1-2-30-23(28)21-20(18-12-7-4-8-13-18)26-22-19(14-9-15-27(21)22)25-24(29)31-16-17-10-5-3-6-11-17/h3-15H,2,16H2,1H3,(H,25,29). The molecule has 0 spiro atoms. The summed E-state index contributed by atoms with van der Waals surface area (Å²) in [5.74, 6) is -0.488. The minimum atomic E-state index is -0.612. The van der Waals surface area contributed by atoms with Crippen LogP contribution in [0.15, 0.2) is 79.0 Å². The molecule has 0 saturated carbocycles. The van der Waals surface area contributed by atoms with Crippen molar-refractivity contribution < 1.29 is 19.1 Å². The molecule has 2 aromatic carbocycles. The number of aromatic nitrogens is 2. The predicted molar refractivity (Wildman–Crippen MR) is 117 cm³/mol. The summed E-state index contributed by atoms with van der Waals surface area (Å²) in [6.07, 6.45) is 1.10. The Bertz CT molecular complexity index is 1200. The van der Waals surface area contributed by atoms with Gasteiger partial charge >= 0.3 is 12.1 Å². The lowest BCUT2D eigenvalue weighted by molar-refractivity contribution is 0.0519. The Hall–Kier alpha value is -4.13. The van der Waals surface area contributed by atoms with Crippen molar-refractivity contribution in [3.8, 4) is 11.3 Å². The van der Waals surface area contributed by atoms with Crippen molar-refractivity contribution in [3.05, 3.63) is 90.3 Å². The molecule has 4 aromatic rings. The van der Waals surface area contributed by atoms with Gasteiger partial charge in [0.15, 0.2) is 11.3 Å². The second-order valence-electron chi connectivity index (χ2n) is 6.70.